The topological polar surface area (TPSA) is 94.4 Å². The van der Waals surface area contributed by atoms with E-state index in [1.807, 2.05) is 13.0 Å². The molecule has 70 valence electrons. The molecule has 1 heterocycles. The third kappa shape index (κ3) is 1.69. The summed E-state index contributed by atoms with van der Waals surface area (Å²) in [6.45, 7) is 1.89. The molecule has 0 saturated carbocycles. The van der Waals surface area contributed by atoms with Crippen molar-refractivity contribution in [2.45, 2.75) is 25.8 Å². The van der Waals surface area contributed by atoms with Gasteiger partial charge in [-0.05, 0) is 6.42 Å². The van der Waals surface area contributed by atoms with Crippen molar-refractivity contribution >= 4 is 0 Å². The molecular weight excluding hydrogens is 172 g/mol. The Kier molecular flexibility index (Phi) is 2.69. The van der Waals surface area contributed by atoms with Crippen molar-refractivity contribution < 1.29 is 0 Å². The minimum absolute atomic E-state index is 0.497. The molecule has 1 atom stereocenters. The van der Waals surface area contributed by atoms with Gasteiger partial charge in [0.1, 0.15) is 6.04 Å². The molecule has 6 nitrogen and oxygen atoms in total. The van der Waals surface area contributed by atoms with Crippen LogP contribution in [0.5, 0.6) is 0 Å². The molecule has 0 spiro atoms. The fraction of sp³-hybridized carbons (Fsp3) is 0.571. The minimum atomic E-state index is -0.674. The summed E-state index contributed by atoms with van der Waals surface area (Å²) < 4.78 is 0.892. The highest BCUT2D eigenvalue weighted by atomic mass is 16.2. The molecule has 1 unspecified atom stereocenters. The maximum Gasteiger partial charge on any atom is 0.345 e. The molecule has 0 saturated heterocycles. The average Bonchev–Trinajstić information content (AvgIpc) is 2.43. The summed E-state index contributed by atoms with van der Waals surface area (Å²) in [5, 5.41) is 13.0. The van der Waals surface area contributed by atoms with Crippen LogP contribution in [-0.2, 0) is 0 Å². The van der Waals surface area contributed by atoms with E-state index in [1.54, 1.807) is 0 Å². The maximum atomic E-state index is 11.0. The fourth-order valence-corrected chi connectivity index (χ4v) is 1.13. The lowest BCUT2D eigenvalue weighted by atomic mass is 10.2. The van der Waals surface area contributed by atoms with Crippen LogP contribution in [0.1, 0.15) is 25.8 Å². The summed E-state index contributed by atoms with van der Waals surface area (Å²) in [4.78, 5) is 22.1. The number of aromatic nitrogens is 3. The van der Waals surface area contributed by atoms with Crippen LogP contribution in [-0.4, -0.2) is 14.8 Å². The van der Waals surface area contributed by atoms with E-state index in [-0.39, 0.29) is 0 Å². The number of rotatable bonds is 3. The second-order valence-corrected chi connectivity index (χ2v) is 2.66. The van der Waals surface area contributed by atoms with E-state index in [2.05, 4.69) is 10.2 Å². The molecule has 1 aromatic rings. The van der Waals surface area contributed by atoms with Crippen LogP contribution in [0.3, 0.4) is 0 Å². The lowest BCUT2D eigenvalue weighted by Gasteiger charge is -2.04. The number of nitrogens with zero attached hydrogens (tertiary/aromatic N) is 2. The van der Waals surface area contributed by atoms with Gasteiger partial charge in [-0.15, -0.1) is 0 Å². The van der Waals surface area contributed by atoms with Crippen LogP contribution in [0, 0.1) is 11.3 Å². The smallest absolute Gasteiger partial charge is 0.247 e. The van der Waals surface area contributed by atoms with Crippen molar-refractivity contribution in [2.75, 3.05) is 0 Å². The van der Waals surface area contributed by atoms with Gasteiger partial charge in [0.15, 0.2) is 0 Å². The SMILES string of the molecule is CCCC(C#N)n1c(=O)[nH][nH]c1=O. The minimum Gasteiger partial charge on any atom is -0.247 e. The van der Waals surface area contributed by atoms with Crippen molar-refractivity contribution in [3.8, 4) is 6.07 Å². The number of nitriles is 1. The van der Waals surface area contributed by atoms with E-state index in [0.717, 1.165) is 11.0 Å². The third-order valence-electron chi connectivity index (χ3n) is 1.74. The molecule has 0 aliphatic carbocycles. The lowest BCUT2D eigenvalue weighted by molar-refractivity contribution is 0.531. The van der Waals surface area contributed by atoms with E-state index in [0.29, 0.717) is 6.42 Å². The standard InChI is InChI=1S/C7H10N4O2/c1-2-3-5(4-8)11-6(12)9-10-7(11)13/h5H,2-3H2,1H3,(H,9,12)(H,10,13). The summed E-state index contributed by atoms with van der Waals surface area (Å²) in [7, 11) is 0. The first kappa shape index (κ1) is 9.32. The summed E-state index contributed by atoms with van der Waals surface area (Å²) >= 11 is 0. The summed E-state index contributed by atoms with van der Waals surface area (Å²) in [6, 6.07) is 1.24. The Morgan fingerprint density at radius 1 is 1.46 bits per heavy atom. The molecule has 13 heavy (non-hydrogen) atoms. The van der Waals surface area contributed by atoms with Gasteiger partial charge in [0.05, 0.1) is 6.07 Å². The van der Waals surface area contributed by atoms with Crippen LogP contribution < -0.4 is 11.4 Å². The number of H-pyrrole nitrogens is 2. The average molecular weight is 182 g/mol. The first-order valence-electron chi connectivity index (χ1n) is 3.99. The number of hydrogen-bond donors (Lipinski definition) is 2. The second kappa shape index (κ2) is 3.76. The van der Waals surface area contributed by atoms with E-state index < -0.39 is 17.4 Å². The van der Waals surface area contributed by atoms with Gasteiger partial charge in [-0.1, -0.05) is 13.3 Å². The Morgan fingerprint density at radius 3 is 2.38 bits per heavy atom. The van der Waals surface area contributed by atoms with Gasteiger partial charge >= 0.3 is 11.4 Å². The highest BCUT2D eigenvalue weighted by molar-refractivity contribution is 4.90. The van der Waals surface area contributed by atoms with Crippen LogP contribution in [0.25, 0.3) is 0 Å². The zero-order valence-electron chi connectivity index (χ0n) is 7.20. The Labute approximate surface area is 73.8 Å². The molecule has 0 bridgehead atoms. The molecule has 0 aliphatic heterocycles. The van der Waals surface area contributed by atoms with Gasteiger partial charge < -0.3 is 0 Å². The van der Waals surface area contributed by atoms with Crippen LogP contribution in [0.15, 0.2) is 9.59 Å². The first-order chi connectivity index (χ1) is 6.20. The Hall–Kier alpha value is -1.77. The zero-order valence-corrected chi connectivity index (χ0v) is 7.20. The van der Waals surface area contributed by atoms with Gasteiger partial charge in [0.2, 0.25) is 0 Å². The monoisotopic (exact) mass is 182 g/mol. The molecule has 1 rings (SSSR count). The highest BCUT2D eigenvalue weighted by Crippen LogP contribution is 2.06. The van der Waals surface area contributed by atoms with Gasteiger partial charge in [-0.25, -0.2) is 24.4 Å². The van der Waals surface area contributed by atoms with E-state index >= 15 is 0 Å². The second-order valence-electron chi connectivity index (χ2n) is 2.66. The van der Waals surface area contributed by atoms with Crippen LogP contribution in [0.4, 0.5) is 0 Å². The third-order valence-corrected chi connectivity index (χ3v) is 1.74. The molecule has 0 radical (unpaired) electrons. The normalized spacial score (nSPS) is 12.3. The number of aromatic amines is 2. The molecule has 0 aliphatic rings. The molecular formula is C7H10N4O2. The molecule has 6 heteroatoms. The van der Waals surface area contributed by atoms with Crippen molar-refractivity contribution in [2.24, 2.45) is 0 Å². The van der Waals surface area contributed by atoms with E-state index in [4.69, 9.17) is 5.26 Å². The summed E-state index contributed by atoms with van der Waals surface area (Å²) in [5.41, 5.74) is -1.13. The van der Waals surface area contributed by atoms with Crippen molar-refractivity contribution in [1.29, 1.82) is 5.26 Å². The van der Waals surface area contributed by atoms with Gasteiger partial charge in [-0.3, -0.25) is 0 Å². The molecule has 0 aromatic carbocycles. The molecule has 0 amide bonds. The number of nitrogens with one attached hydrogen (secondary N) is 2. The molecule has 0 fully saturated rings. The van der Waals surface area contributed by atoms with Crippen molar-refractivity contribution in [3.63, 3.8) is 0 Å². The predicted octanol–water partition coefficient (Wildman–Crippen LogP) is -0.271. The quantitative estimate of drug-likeness (QED) is 0.673. The fourth-order valence-electron chi connectivity index (χ4n) is 1.13. The van der Waals surface area contributed by atoms with Gasteiger partial charge in [-0.2, -0.15) is 5.26 Å². The lowest BCUT2D eigenvalue weighted by Crippen LogP contribution is -2.30. The Balaban J connectivity index is 3.13. The molecule has 2 N–H and O–H groups in total. The number of hydrogen-bond acceptors (Lipinski definition) is 3. The van der Waals surface area contributed by atoms with Gasteiger partial charge in [0, 0.05) is 0 Å². The van der Waals surface area contributed by atoms with Crippen LogP contribution >= 0.6 is 0 Å². The van der Waals surface area contributed by atoms with Gasteiger partial charge in [0.25, 0.3) is 0 Å². The summed E-state index contributed by atoms with van der Waals surface area (Å²) in [5.74, 6) is 0. The van der Waals surface area contributed by atoms with E-state index in [9.17, 15) is 9.59 Å². The first-order valence-corrected chi connectivity index (χ1v) is 3.99. The van der Waals surface area contributed by atoms with E-state index in [1.165, 1.54) is 0 Å². The van der Waals surface area contributed by atoms with Crippen LogP contribution in [0.2, 0.25) is 0 Å². The molecule has 1 aromatic heterocycles. The highest BCUT2D eigenvalue weighted by Gasteiger charge is 2.14. The summed E-state index contributed by atoms with van der Waals surface area (Å²) in [6.07, 6.45) is 1.24. The van der Waals surface area contributed by atoms with Crippen molar-refractivity contribution in [1.82, 2.24) is 14.8 Å². The maximum absolute atomic E-state index is 11.0. The van der Waals surface area contributed by atoms with Crippen molar-refractivity contribution in [3.05, 3.63) is 21.0 Å². The largest absolute Gasteiger partial charge is 0.345 e. The zero-order chi connectivity index (χ0) is 9.84. The Bertz CT molecular complexity index is 391. The predicted molar refractivity (Wildman–Crippen MR) is 45.2 cm³/mol. The Morgan fingerprint density at radius 2 is 2.00 bits per heavy atom.